The first-order valence-electron chi connectivity index (χ1n) is 13.2. The first-order valence-corrected chi connectivity index (χ1v) is 13.2. The second kappa shape index (κ2) is 10.2. The number of hydrogen-bond donors (Lipinski definition) is 4. The lowest BCUT2D eigenvalue weighted by molar-refractivity contribution is -0.146. The topological polar surface area (TPSA) is 145 Å². The molecule has 5 rings (SSSR count). The van der Waals surface area contributed by atoms with Crippen LogP contribution in [0.1, 0.15) is 50.5 Å². The molecular formula is C27H34N4O6. The van der Waals surface area contributed by atoms with Crippen LogP contribution in [0.25, 0.3) is 0 Å². The van der Waals surface area contributed by atoms with Crippen LogP contribution in [-0.4, -0.2) is 71.2 Å². The maximum absolute atomic E-state index is 14.2. The molecule has 10 nitrogen and oxygen atoms in total. The fourth-order valence-corrected chi connectivity index (χ4v) is 6.78. The highest BCUT2D eigenvalue weighted by atomic mass is 16.3. The number of aliphatic hydroxyl groups excluding tert-OH is 1. The minimum Gasteiger partial charge on any atom is -0.389 e. The van der Waals surface area contributed by atoms with E-state index in [2.05, 4.69) is 16.0 Å². The average Bonchev–Trinajstić information content (AvgIpc) is 3.68. The number of likely N-dealkylation sites (tertiary alicyclic amines) is 1. The van der Waals surface area contributed by atoms with Gasteiger partial charge >= 0.3 is 0 Å². The lowest BCUT2D eigenvalue weighted by Gasteiger charge is -2.36. The minimum absolute atomic E-state index is 0.0477. The lowest BCUT2D eigenvalue weighted by Crippen LogP contribution is -2.59. The molecule has 6 atom stereocenters. The summed E-state index contributed by atoms with van der Waals surface area (Å²) in [5, 5.41) is 18.0. The number of benzene rings is 1. The Morgan fingerprint density at radius 3 is 2.57 bits per heavy atom. The maximum atomic E-state index is 14.2. The molecule has 0 unspecified atom stereocenters. The summed E-state index contributed by atoms with van der Waals surface area (Å²) in [5.41, 5.74) is -0.555. The number of ketones is 1. The standard InChI is InChI=1S/C27H34N4O6/c32-15-21(33)20(13-16-10-12-28-24(16)35)29-25(36)23-19-8-4-5-17(19)14-31(23)26(37)27(11-9-22(34)30-27)18-6-2-1-3-7-18/h1-3,6-7,16-17,19-20,23,32H,4-5,8-15H2,(H,28,35)(H,29,36)(H,30,34)/t16-,17+,19+,20-,23+,27-/m1/s1. The van der Waals surface area contributed by atoms with Gasteiger partial charge in [0.1, 0.15) is 18.2 Å². The summed E-state index contributed by atoms with van der Waals surface area (Å²) in [4.78, 5) is 66.6. The zero-order valence-electron chi connectivity index (χ0n) is 20.8. The second-order valence-electron chi connectivity index (χ2n) is 10.8. The normalized spacial score (nSPS) is 31.5. The summed E-state index contributed by atoms with van der Waals surface area (Å²) in [6.45, 7) is 0.177. The first kappa shape index (κ1) is 25.4. The Morgan fingerprint density at radius 2 is 1.92 bits per heavy atom. The Balaban J connectivity index is 1.42. The van der Waals surface area contributed by atoms with Crippen molar-refractivity contribution in [1.82, 2.24) is 20.9 Å². The summed E-state index contributed by atoms with van der Waals surface area (Å²) in [7, 11) is 0. The number of carbonyl (C=O) groups excluding carboxylic acids is 5. The Kier molecular flexibility index (Phi) is 7.02. The van der Waals surface area contributed by atoms with Gasteiger partial charge in [-0.2, -0.15) is 0 Å². The molecule has 0 spiro atoms. The van der Waals surface area contributed by atoms with E-state index in [4.69, 9.17) is 0 Å². The third-order valence-electron chi connectivity index (χ3n) is 8.68. The van der Waals surface area contributed by atoms with Crippen LogP contribution in [-0.2, 0) is 29.5 Å². The molecule has 3 saturated heterocycles. The van der Waals surface area contributed by atoms with Crippen molar-refractivity contribution in [2.75, 3.05) is 19.7 Å². The number of hydrogen-bond acceptors (Lipinski definition) is 6. The quantitative estimate of drug-likeness (QED) is 0.387. The maximum Gasteiger partial charge on any atom is 0.253 e. The molecule has 4 aliphatic rings. The highest BCUT2D eigenvalue weighted by Crippen LogP contribution is 2.45. The van der Waals surface area contributed by atoms with Gasteiger partial charge in [-0.05, 0) is 49.5 Å². The van der Waals surface area contributed by atoms with Crippen LogP contribution in [0.5, 0.6) is 0 Å². The largest absolute Gasteiger partial charge is 0.389 e. The van der Waals surface area contributed by atoms with Crippen molar-refractivity contribution in [2.45, 2.75) is 62.6 Å². The highest BCUT2D eigenvalue weighted by Gasteiger charge is 2.56. The van der Waals surface area contributed by atoms with Crippen molar-refractivity contribution in [3.63, 3.8) is 0 Å². The molecule has 198 valence electrons. The van der Waals surface area contributed by atoms with Crippen molar-refractivity contribution < 1.29 is 29.1 Å². The van der Waals surface area contributed by atoms with Crippen LogP contribution < -0.4 is 16.0 Å². The van der Waals surface area contributed by atoms with E-state index in [1.807, 2.05) is 30.3 Å². The zero-order chi connectivity index (χ0) is 26.2. The van der Waals surface area contributed by atoms with Gasteiger partial charge in [-0.25, -0.2) is 0 Å². The summed E-state index contributed by atoms with van der Waals surface area (Å²) in [5.74, 6) is -1.99. The number of fused-ring (bicyclic) bond motifs is 1. The molecule has 1 saturated carbocycles. The zero-order valence-corrected chi connectivity index (χ0v) is 20.8. The van der Waals surface area contributed by atoms with Gasteiger partial charge in [0.05, 0.1) is 6.04 Å². The number of Topliss-reactive ketones (excluding diaryl/α,β-unsaturated/α-hetero) is 1. The molecule has 4 N–H and O–H groups in total. The summed E-state index contributed by atoms with van der Waals surface area (Å²) < 4.78 is 0. The summed E-state index contributed by atoms with van der Waals surface area (Å²) in [6.07, 6.45) is 3.84. The molecule has 0 radical (unpaired) electrons. The number of nitrogens with zero attached hydrogens (tertiary/aromatic N) is 1. The van der Waals surface area contributed by atoms with E-state index in [1.165, 1.54) is 0 Å². The summed E-state index contributed by atoms with van der Waals surface area (Å²) >= 11 is 0. The monoisotopic (exact) mass is 510 g/mol. The number of amides is 4. The van der Waals surface area contributed by atoms with Crippen molar-refractivity contribution in [1.29, 1.82) is 0 Å². The van der Waals surface area contributed by atoms with Gasteiger partial charge in [-0.15, -0.1) is 0 Å². The number of rotatable bonds is 8. The van der Waals surface area contributed by atoms with Gasteiger partial charge in [0, 0.05) is 25.4 Å². The third-order valence-corrected chi connectivity index (χ3v) is 8.68. The van der Waals surface area contributed by atoms with Crippen LogP contribution in [0.2, 0.25) is 0 Å². The van der Waals surface area contributed by atoms with Gasteiger partial charge in [-0.1, -0.05) is 36.8 Å². The predicted molar refractivity (Wildman–Crippen MR) is 132 cm³/mol. The predicted octanol–water partition coefficient (Wildman–Crippen LogP) is -0.00860. The van der Waals surface area contributed by atoms with E-state index >= 15 is 0 Å². The molecule has 10 heteroatoms. The van der Waals surface area contributed by atoms with E-state index in [0.29, 0.717) is 31.5 Å². The van der Waals surface area contributed by atoms with Gasteiger partial charge in [0.25, 0.3) is 5.91 Å². The van der Waals surface area contributed by atoms with Crippen molar-refractivity contribution in [2.24, 2.45) is 17.8 Å². The van der Waals surface area contributed by atoms with Crippen molar-refractivity contribution in [3.8, 4) is 0 Å². The molecular weight excluding hydrogens is 476 g/mol. The smallest absolute Gasteiger partial charge is 0.253 e. The molecule has 4 amide bonds. The lowest BCUT2D eigenvalue weighted by atomic mass is 9.86. The first-order chi connectivity index (χ1) is 17.8. The van der Waals surface area contributed by atoms with Crippen LogP contribution in [0, 0.1) is 17.8 Å². The fraction of sp³-hybridized carbons (Fsp3) is 0.593. The van der Waals surface area contributed by atoms with Crippen LogP contribution >= 0.6 is 0 Å². The van der Waals surface area contributed by atoms with E-state index < -0.39 is 41.8 Å². The van der Waals surface area contributed by atoms with E-state index in [-0.39, 0.29) is 42.4 Å². The molecule has 1 aromatic rings. The van der Waals surface area contributed by atoms with Gasteiger partial charge in [0.15, 0.2) is 5.78 Å². The molecule has 37 heavy (non-hydrogen) atoms. The Hall–Kier alpha value is -3.27. The number of aliphatic hydroxyl groups is 1. The Morgan fingerprint density at radius 1 is 1.14 bits per heavy atom. The van der Waals surface area contributed by atoms with Gasteiger partial charge < -0.3 is 26.0 Å². The number of nitrogens with one attached hydrogen (secondary N) is 3. The second-order valence-corrected chi connectivity index (χ2v) is 10.8. The van der Waals surface area contributed by atoms with E-state index in [1.54, 1.807) is 4.90 Å². The minimum atomic E-state index is -1.24. The Labute approximate surface area is 215 Å². The molecule has 0 bridgehead atoms. The van der Waals surface area contributed by atoms with Crippen molar-refractivity contribution in [3.05, 3.63) is 35.9 Å². The van der Waals surface area contributed by atoms with Crippen molar-refractivity contribution >= 4 is 29.4 Å². The molecule has 1 aliphatic carbocycles. The fourth-order valence-electron chi connectivity index (χ4n) is 6.78. The SMILES string of the molecule is O=C1CC[C@](C(=O)N2C[C@@H]3CCC[C@@H]3[C@H]2C(=O)N[C@H](C[C@H]2CCNC2=O)C(=O)CO)(c2ccccc2)N1. The van der Waals surface area contributed by atoms with Gasteiger partial charge in [-0.3, -0.25) is 24.0 Å². The Bertz CT molecular complexity index is 1090. The molecule has 4 fully saturated rings. The highest BCUT2D eigenvalue weighted by molar-refractivity contribution is 5.99. The molecule has 1 aromatic carbocycles. The van der Waals surface area contributed by atoms with Crippen LogP contribution in [0.3, 0.4) is 0 Å². The third kappa shape index (κ3) is 4.63. The average molecular weight is 511 g/mol. The van der Waals surface area contributed by atoms with Gasteiger partial charge in [0.2, 0.25) is 17.7 Å². The van der Waals surface area contributed by atoms with E-state index in [0.717, 1.165) is 19.3 Å². The summed E-state index contributed by atoms with van der Waals surface area (Å²) in [6, 6.07) is 7.32. The van der Waals surface area contributed by atoms with Crippen LogP contribution in [0.15, 0.2) is 30.3 Å². The molecule has 3 aliphatic heterocycles. The van der Waals surface area contributed by atoms with E-state index in [9.17, 15) is 29.1 Å². The molecule has 0 aromatic heterocycles. The molecule has 3 heterocycles. The van der Waals surface area contributed by atoms with Crippen LogP contribution in [0.4, 0.5) is 0 Å². The number of carbonyl (C=O) groups is 5.